The molecule has 0 spiro atoms. The predicted octanol–water partition coefficient (Wildman–Crippen LogP) is 0.687. The molecule has 1 aliphatic carbocycles. The summed E-state index contributed by atoms with van der Waals surface area (Å²) in [5.74, 6) is -0.227. The maximum Gasteiger partial charge on any atom is 0.322 e. The molecule has 4 heteroatoms. The third-order valence-corrected chi connectivity index (χ3v) is 3.51. The van der Waals surface area contributed by atoms with Crippen molar-refractivity contribution in [3.63, 3.8) is 0 Å². The van der Waals surface area contributed by atoms with Crippen LogP contribution in [0.25, 0.3) is 0 Å². The van der Waals surface area contributed by atoms with E-state index < -0.39 is 0 Å². The fourth-order valence-electron chi connectivity index (χ4n) is 1.92. The summed E-state index contributed by atoms with van der Waals surface area (Å²) in [5, 5.41) is 12.8. The van der Waals surface area contributed by atoms with Gasteiger partial charge in [0.15, 0.2) is 0 Å². The highest BCUT2D eigenvalue weighted by Gasteiger charge is 2.48. The van der Waals surface area contributed by atoms with Crippen molar-refractivity contribution < 1.29 is 14.6 Å². The number of nitrogens with one attached hydrogen (secondary N) is 1. The molecule has 88 valence electrons. The summed E-state index contributed by atoms with van der Waals surface area (Å²) in [6.07, 6.45) is 1.14. The fraction of sp³-hybridized carbons (Fsp3) is 0.909. The van der Waals surface area contributed by atoms with Gasteiger partial charge in [0.1, 0.15) is 6.04 Å². The zero-order valence-electron chi connectivity index (χ0n) is 9.91. The monoisotopic (exact) mass is 215 g/mol. The van der Waals surface area contributed by atoms with Crippen LogP contribution in [0.5, 0.6) is 0 Å². The van der Waals surface area contributed by atoms with Crippen molar-refractivity contribution in [2.75, 3.05) is 7.11 Å². The van der Waals surface area contributed by atoms with Gasteiger partial charge in [-0.2, -0.15) is 0 Å². The van der Waals surface area contributed by atoms with Crippen molar-refractivity contribution in [3.05, 3.63) is 0 Å². The van der Waals surface area contributed by atoms with Crippen LogP contribution < -0.4 is 5.32 Å². The molecule has 1 fully saturated rings. The minimum atomic E-state index is -0.273. The van der Waals surface area contributed by atoms with E-state index in [4.69, 9.17) is 4.74 Å². The molecule has 1 saturated carbocycles. The second-order valence-corrected chi connectivity index (χ2v) is 4.78. The second-order valence-electron chi connectivity index (χ2n) is 4.78. The molecule has 0 aromatic heterocycles. The number of carbonyl (C=O) groups excluding carboxylic acids is 1. The lowest BCUT2D eigenvalue weighted by atomic mass is 9.64. The Hall–Kier alpha value is -0.610. The third-order valence-electron chi connectivity index (χ3n) is 3.51. The van der Waals surface area contributed by atoms with Crippen LogP contribution in [0.2, 0.25) is 0 Å². The van der Waals surface area contributed by atoms with Crippen LogP contribution in [-0.4, -0.2) is 36.4 Å². The standard InChI is InChI=1S/C11H21NO3/c1-5-7(10(14)15-4)12-8-6-9(13)11(8,2)3/h7-9,12-13H,5-6H2,1-4H3. The van der Waals surface area contributed by atoms with Crippen LogP contribution in [0.4, 0.5) is 0 Å². The Morgan fingerprint density at radius 1 is 1.67 bits per heavy atom. The number of ether oxygens (including phenoxy) is 1. The lowest BCUT2D eigenvalue weighted by Crippen LogP contribution is -2.63. The van der Waals surface area contributed by atoms with Crippen molar-refractivity contribution in [1.29, 1.82) is 0 Å². The predicted molar refractivity (Wildman–Crippen MR) is 57.4 cm³/mol. The molecule has 0 aromatic carbocycles. The van der Waals surface area contributed by atoms with E-state index in [0.717, 1.165) is 0 Å². The van der Waals surface area contributed by atoms with Gasteiger partial charge < -0.3 is 15.2 Å². The van der Waals surface area contributed by atoms with Crippen LogP contribution in [-0.2, 0) is 9.53 Å². The molecular weight excluding hydrogens is 194 g/mol. The van der Waals surface area contributed by atoms with Gasteiger partial charge in [-0.25, -0.2) is 0 Å². The summed E-state index contributed by atoms with van der Waals surface area (Å²) < 4.78 is 4.70. The molecule has 0 heterocycles. The molecule has 2 N–H and O–H groups in total. The van der Waals surface area contributed by atoms with E-state index >= 15 is 0 Å². The van der Waals surface area contributed by atoms with Gasteiger partial charge in [-0.3, -0.25) is 4.79 Å². The first-order valence-corrected chi connectivity index (χ1v) is 5.45. The zero-order chi connectivity index (χ0) is 11.6. The van der Waals surface area contributed by atoms with E-state index in [1.54, 1.807) is 0 Å². The van der Waals surface area contributed by atoms with Crippen molar-refractivity contribution in [2.45, 2.75) is 51.8 Å². The Bertz CT molecular complexity index is 240. The minimum absolute atomic E-state index is 0.151. The number of carbonyl (C=O) groups is 1. The maximum atomic E-state index is 11.4. The number of esters is 1. The summed E-state index contributed by atoms with van der Waals surface area (Å²) in [5.41, 5.74) is -0.151. The van der Waals surface area contributed by atoms with Gasteiger partial charge in [-0.05, 0) is 12.8 Å². The van der Waals surface area contributed by atoms with Crippen LogP contribution in [0, 0.1) is 5.41 Å². The molecule has 3 unspecified atom stereocenters. The Morgan fingerprint density at radius 3 is 2.60 bits per heavy atom. The molecule has 0 amide bonds. The average molecular weight is 215 g/mol. The summed E-state index contributed by atoms with van der Waals surface area (Å²) in [6.45, 7) is 5.95. The van der Waals surface area contributed by atoms with Gasteiger partial charge in [-0.1, -0.05) is 20.8 Å². The van der Waals surface area contributed by atoms with E-state index in [9.17, 15) is 9.90 Å². The third kappa shape index (κ3) is 2.32. The van der Waals surface area contributed by atoms with Gasteiger partial charge in [0.2, 0.25) is 0 Å². The summed E-state index contributed by atoms with van der Waals surface area (Å²) in [7, 11) is 1.40. The highest BCUT2D eigenvalue weighted by molar-refractivity contribution is 5.75. The number of aliphatic hydroxyl groups is 1. The van der Waals surface area contributed by atoms with Gasteiger partial charge >= 0.3 is 5.97 Å². The molecule has 4 nitrogen and oxygen atoms in total. The Balaban J connectivity index is 2.51. The van der Waals surface area contributed by atoms with Gasteiger partial charge in [0, 0.05) is 11.5 Å². The number of hydrogen-bond donors (Lipinski definition) is 2. The van der Waals surface area contributed by atoms with E-state index in [1.807, 2.05) is 20.8 Å². The molecular formula is C11H21NO3. The van der Waals surface area contributed by atoms with Crippen molar-refractivity contribution in [2.24, 2.45) is 5.41 Å². The normalized spacial score (nSPS) is 30.5. The lowest BCUT2D eigenvalue weighted by molar-refractivity contribution is -0.145. The first-order chi connectivity index (χ1) is 6.93. The Morgan fingerprint density at radius 2 is 2.27 bits per heavy atom. The van der Waals surface area contributed by atoms with E-state index in [0.29, 0.717) is 12.8 Å². The molecule has 0 saturated heterocycles. The highest BCUT2D eigenvalue weighted by Crippen LogP contribution is 2.40. The van der Waals surface area contributed by atoms with Crippen molar-refractivity contribution >= 4 is 5.97 Å². The SMILES string of the molecule is CCC(NC1CC(O)C1(C)C)C(=O)OC. The summed E-state index contributed by atoms with van der Waals surface area (Å²) >= 11 is 0. The average Bonchev–Trinajstić information content (AvgIpc) is 2.22. The smallest absolute Gasteiger partial charge is 0.322 e. The number of methoxy groups -OCH3 is 1. The molecule has 0 radical (unpaired) electrons. The van der Waals surface area contributed by atoms with Crippen molar-refractivity contribution in [1.82, 2.24) is 5.32 Å². The highest BCUT2D eigenvalue weighted by atomic mass is 16.5. The topological polar surface area (TPSA) is 58.6 Å². The quantitative estimate of drug-likeness (QED) is 0.677. The van der Waals surface area contributed by atoms with Crippen LogP contribution in [0.3, 0.4) is 0 Å². The van der Waals surface area contributed by atoms with Crippen molar-refractivity contribution in [3.8, 4) is 0 Å². The second kappa shape index (κ2) is 4.49. The van der Waals surface area contributed by atoms with Gasteiger partial charge in [-0.15, -0.1) is 0 Å². The lowest BCUT2D eigenvalue weighted by Gasteiger charge is -2.50. The number of hydrogen-bond acceptors (Lipinski definition) is 4. The molecule has 1 rings (SSSR count). The molecule has 3 atom stereocenters. The summed E-state index contributed by atoms with van der Waals surface area (Å²) in [4.78, 5) is 11.4. The van der Waals surface area contributed by atoms with E-state index in [2.05, 4.69) is 5.32 Å². The number of aliphatic hydroxyl groups excluding tert-OH is 1. The Kier molecular flexibility index (Phi) is 3.73. The summed E-state index contributed by atoms with van der Waals surface area (Å²) in [6, 6.07) is -0.0664. The first kappa shape index (κ1) is 12.5. The fourth-order valence-corrected chi connectivity index (χ4v) is 1.92. The van der Waals surface area contributed by atoms with Crippen LogP contribution in [0.15, 0.2) is 0 Å². The van der Waals surface area contributed by atoms with E-state index in [-0.39, 0.29) is 29.6 Å². The van der Waals surface area contributed by atoms with E-state index in [1.165, 1.54) is 7.11 Å². The zero-order valence-corrected chi connectivity index (χ0v) is 9.91. The van der Waals surface area contributed by atoms with Crippen LogP contribution >= 0.6 is 0 Å². The Labute approximate surface area is 91.0 Å². The van der Waals surface area contributed by atoms with Crippen LogP contribution in [0.1, 0.15) is 33.6 Å². The molecule has 1 aliphatic rings. The first-order valence-electron chi connectivity index (χ1n) is 5.45. The van der Waals surface area contributed by atoms with Gasteiger partial charge in [0.05, 0.1) is 13.2 Å². The molecule has 0 bridgehead atoms. The largest absolute Gasteiger partial charge is 0.468 e. The molecule has 0 aliphatic heterocycles. The molecule has 15 heavy (non-hydrogen) atoms. The minimum Gasteiger partial charge on any atom is -0.468 e. The number of rotatable bonds is 4. The van der Waals surface area contributed by atoms with Gasteiger partial charge in [0.25, 0.3) is 0 Å². The molecule has 0 aromatic rings. The maximum absolute atomic E-state index is 11.4.